The van der Waals surface area contributed by atoms with Gasteiger partial charge in [0.25, 0.3) is 0 Å². The van der Waals surface area contributed by atoms with Crippen molar-refractivity contribution in [3.8, 4) is 28.5 Å². The van der Waals surface area contributed by atoms with Crippen LogP contribution in [-0.2, 0) is 0 Å². The fourth-order valence-electron chi connectivity index (χ4n) is 8.32. The number of rotatable bonds is 4. The lowest BCUT2D eigenvalue weighted by molar-refractivity contribution is 1.09. The Balaban J connectivity index is 1.16. The average molecular weight is 651 g/mol. The van der Waals surface area contributed by atoms with Gasteiger partial charge in [-0.15, -0.1) is 0 Å². The number of para-hydroxylation sites is 5. The lowest BCUT2D eigenvalue weighted by Gasteiger charge is -2.12. The monoisotopic (exact) mass is 650 g/mol. The Kier molecular flexibility index (Phi) is 5.92. The molecule has 4 aromatic heterocycles. The highest BCUT2D eigenvalue weighted by Gasteiger charge is 2.21. The lowest BCUT2D eigenvalue weighted by Crippen LogP contribution is -1.99. The highest BCUT2D eigenvalue weighted by atomic mass is 15.1. The Labute approximate surface area is 293 Å². The highest BCUT2D eigenvalue weighted by Crippen LogP contribution is 2.42. The molecule has 0 fully saturated rings. The number of nitrogens with zero attached hydrogens (tertiary/aromatic N) is 4. The first-order chi connectivity index (χ1) is 25.3. The molecule has 4 heterocycles. The Hall–Kier alpha value is -6.91. The third-order valence-corrected chi connectivity index (χ3v) is 10.4. The van der Waals surface area contributed by atoms with E-state index >= 15 is 0 Å². The molecule has 238 valence electrons. The van der Waals surface area contributed by atoms with E-state index in [9.17, 15) is 0 Å². The van der Waals surface area contributed by atoms with Gasteiger partial charge in [0.05, 0.1) is 38.8 Å². The molecule has 0 spiro atoms. The number of pyridine rings is 1. The molecule has 0 bridgehead atoms. The van der Waals surface area contributed by atoms with Gasteiger partial charge in [-0.3, -0.25) is 4.57 Å². The van der Waals surface area contributed by atoms with E-state index in [-0.39, 0.29) is 0 Å². The molecule has 0 N–H and O–H groups in total. The summed E-state index contributed by atoms with van der Waals surface area (Å²) in [4.78, 5) is 5.43. The van der Waals surface area contributed by atoms with Crippen molar-refractivity contribution >= 4 is 65.4 Å². The van der Waals surface area contributed by atoms with E-state index in [1.54, 1.807) is 0 Å². The van der Waals surface area contributed by atoms with Gasteiger partial charge in [-0.1, -0.05) is 115 Å². The minimum absolute atomic E-state index is 0.894. The van der Waals surface area contributed by atoms with E-state index in [1.807, 2.05) is 0 Å². The predicted octanol–water partition coefficient (Wildman–Crippen LogP) is 12.0. The summed E-state index contributed by atoms with van der Waals surface area (Å²) in [6, 6.07) is 65.2. The summed E-state index contributed by atoms with van der Waals surface area (Å²) < 4.78 is 7.12. The topological polar surface area (TPSA) is 27.7 Å². The molecule has 0 amide bonds. The second kappa shape index (κ2) is 10.8. The second-order valence-corrected chi connectivity index (χ2v) is 13.2. The number of benzene rings is 7. The maximum absolute atomic E-state index is 5.43. The third-order valence-electron chi connectivity index (χ3n) is 10.4. The molecule has 11 rings (SSSR count). The molecule has 0 atom stereocenters. The van der Waals surface area contributed by atoms with Crippen molar-refractivity contribution in [1.82, 2.24) is 18.7 Å². The van der Waals surface area contributed by atoms with E-state index in [4.69, 9.17) is 4.98 Å². The van der Waals surface area contributed by atoms with E-state index < -0.39 is 0 Å². The minimum atomic E-state index is 0.894. The van der Waals surface area contributed by atoms with Gasteiger partial charge < -0.3 is 9.13 Å². The van der Waals surface area contributed by atoms with Crippen LogP contribution in [0.1, 0.15) is 0 Å². The van der Waals surface area contributed by atoms with Crippen LogP contribution in [0.2, 0.25) is 0 Å². The summed E-state index contributed by atoms with van der Waals surface area (Å²) >= 11 is 0. The van der Waals surface area contributed by atoms with Gasteiger partial charge in [-0.25, -0.2) is 4.98 Å². The van der Waals surface area contributed by atoms with Crippen molar-refractivity contribution in [3.05, 3.63) is 182 Å². The van der Waals surface area contributed by atoms with Gasteiger partial charge in [0.2, 0.25) is 0 Å². The standard InChI is InChI=1S/C47H30N4/c1-2-15-32(16-3-1)49-43-26-11-7-21-38(43)46-44(49)29-28-37-36-20-6-10-25-42(36)51(47(37)46)45-27-13-22-39(48-45)31-14-12-17-33(30-31)50-40-23-8-4-18-34(40)35-19-5-9-24-41(35)50/h1-30H. The van der Waals surface area contributed by atoms with Crippen LogP contribution in [0, 0.1) is 0 Å². The number of hydrogen-bond donors (Lipinski definition) is 0. The van der Waals surface area contributed by atoms with Gasteiger partial charge in [0.15, 0.2) is 0 Å². The van der Waals surface area contributed by atoms with Crippen LogP contribution in [0.5, 0.6) is 0 Å². The predicted molar refractivity (Wildman–Crippen MR) is 213 cm³/mol. The van der Waals surface area contributed by atoms with Crippen LogP contribution in [0.25, 0.3) is 93.9 Å². The van der Waals surface area contributed by atoms with Crippen LogP contribution in [0.3, 0.4) is 0 Å². The van der Waals surface area contributed by atoms with Crippen LogP contribution in [0.4, 0.5) is 0 Å². The zero-order valence-corrected chi connectivity index (χ0v) is 27.6. The van der Waals surface area contributed by atoms with E-state index in [0.717, 1.165) is 34.0 Å². The van der Waals surface area contributed by atoms with Crippen LogP contribution in [0.15, 0.2) is 182 Å². The minimum Gasteiger partial charge on any atom is -0.309 e. The van der Waals surface area contributed by atoms with Gasteiger partial charge in [-0.2, -0.15) is 0 Å². The molecular formula is C47H30N4. The first-order valence-electron chi connectivity index (χ1n) is 17.4. The van der Waals surface area contributed by atoms with Crippen molar-refractivity contribution in [2.45, 2.75) is 0 Å². The van der Waals surface area contributed by atoms with Crippen molar-refractivity contribution in [3.63, 3.8) is 0 Å². The average Bonchev–Trinajstić information content (AvgIpc) is 3.84. The molecular weight excluding hydrogens is 621 g/mol. The number of aromatic nitrogens is 4. The Morgan fingerprint density at radius 2 is 0.863 bits per heavy atom. The summed E-state index contributed by atoms with van der Waals surface area (Å²) in [5.41, 5.74) is 11.3. The summed E-state index contributed by atoms with van der Waals surface area (Å²) in [7, 11) is 0. The molecule has 0 aliphatic carbocycles. The summed E-state index contributed by atoms with van der Waals surface area (Å²) in [6.45, 7) is 0. The van der Waals surface area contributed by atoms with Crippen molar-refractivity contribution in [2.75, 3.05) is 0 Å². The summed E-state index contributed by atoms with van der Waals surface area (Å²) in [5, 5.41) is 7.39. The van der Waals surface area contributed by atoms with Crippen LogP contribution in [-0.4, -0.2) is 18.7 Å². The molecule has 7 aromatic carbocycles. The fourth-order valence-corrected chi connectivity index (χ4v) is 8.32. The smallest absolute Gasteiger partial charge is 0.138 e. The normalized spacial score (nSPS) is 11.9. The second-order valence-electron chi connectivity index (χ2n) is 13.2. The molecule has 0 saturated heterocycles. The Bertz CT molecular complexity index is 3090. The van der Waals surface area contributed by atoms with Crippen molar-refractivity contribution < 1.29 is 0 Å². The van der Waals surface area contributed by atoms with Crippen LogP contribution >= 0.6 is 0 Å². The molecule has 0 radical (unpaired) electrons. The quantitative estimate of drug-likeness (QED) is 0.186. The first kappa shape index (κ1) is 28.0. The highest BCUT2D eigenvalue weighted by molar-refractivity contribution is 6.26. The summed E-state index contributed by atoms with van der Waals surface area (Å²) in [5.74, 6) is 0.894. The number of hydrogen-bond acceptors (Lipinski definition) is 1. The van der Waals surface area contributed by atoms with Gasteiger partial charge in [0.1, 0.15) is 5.82 Å². The zero-order chi connectivity index (χ0) is 33.5. The Morgan fingerprint density at radius 1 is 0.333 bits per heavy atom. The van der Waals surface area contributed by atoms with Crippen molar-refractivity contribution in [1.29, 1.82) is 0 Å². The zero-order valence-electron chi connectivity index (χ0n) is 27.6. The SMILES string of the molecule is c1ccc(-n2c3ccccc3c3c2ccc2c4ccccc4n(-c4cccc(-c5cccc(-n6c7ccccc7c7ccccc76)c5)n4)c23)cc1. The van der Waals surface area contributed by atoms with E-state index in [2.05, 4.69) is 196 Å². The molecule has 0 aliphatic rings. The molecule has 51 heavy (non-hydrogen) atoms. The van der Waals surface area contributed by atoms with E-state index in [0.29, 0.717) is 0 Å². The largest absolute Gasteiger partial charge is 0.309 e. The summed E-state index contributed by atoms with van der Waals surface area (Å²) in [6.07, 6.45) is 0. The molecule has 11 aromatic rings. The number of fused-ring (bicyclic) bond motifs is 10. The van der Waals surface area contributed by atoms with Gasteiger partial charge >= 0.3 is 0 Å². The van der Waals surface area contributed by atoms with Crippen molar-refractivity contribution in [2.24, 2.45) is 0 Å². The van der Waals surface area contributed by atoms with E-state index in [1.165, 1.54) is 59.9 Å². The third kappa shape index (κ3) is 4.05. The van der Waals surface area contributed by atoms with Gasteiger partial charge in [0, 0.05) is 49.3 Å². The fraction of sp³-hybridized carbons (Fsp3) is 0. The Morgan fingerprint density at radius 3 is 1.57 bits per heavy atom. The molecule has 0 aliphatic heterocycles. The van der Waals surface area contributed by atoms with Gasteiger partial charge in [-0.05, 0) is 66.7 Å². The molecule has 4 heteroatoms. The molecule has 4 nitrogen and oxygen atoms in total. The van der Waals surface area contributed by atoms with Crippen LogP contribution < -0.4 is 0 Å². The molecule has 0 unspecified atom stereocenters. The maximum Gasteiger partial charge on any atom is 0.138 e. The lowest BCUT2D eigenvalue weighted by atomic mass is 10.1. The molecule has 0 saturated carbocycles. The first-order valence-corrected chi connectivity index (χ1v) is 17.4. The maximum atomic E-state index is 5.43.